The lowest BCUT2D eigenvalue weighted by Gasteiger charge is -2.19. The SMILES string of the molecule is Cc1ccc(C2OC(c3ccccc3)=NC2CO)c(OS(=O)(=O)O)c1. The molecule has 1 aliphatic heterocycles. The van der Waals surface area contributed by atoms with Crippen LogP contribution >= 0.6 is 0 Å². The van der Waals surface area contributed by atoms with E-state index >= 15 is 0 Å². The molecule has 1 heterocycles. The Hall–Kier alpha value is -2.42. The first-order valence-electron chi connectivity index (χ1n) is 7.55. The lowest BCUT2D eigenvalue weighted by molar-refractivity contribution is 0.150. The van der Waals surface area contributed by atoms with Crippen LogP contribution in [0.4, 0.5) is 0 Å². The summed E-state index contributed by atoms with van der Waals surface area (Å²) in [7, 11) is -4.69. The number of aliphatic imine (C=N–C) groups is 1. The summed E-state index contributed by atoms with van der Waals surface area (Å²) in [5, 5.41) is 9.64. The van der Waals surface area contributed by atoms with Gasteiger partial charge in [0, 0.05) is 11.1 Å². The predicted molar refractivity (Wildman–Crippen MR) is 91.0 cm³/mol. The van der Waals surface area contributed by atoms with Gasteiger partial charge in [-0.25, -0.2) is 4.99 Å². The molecule has 2 atom stereocenters. The minimum atomic E-state index is -4.69. The molecule has 0 bridgehead atoms. The largest absolute Gasteiger partial charge is 0.467 e. The van der Waals surface area contributed by atoms with Crippen molar-refractivity contribution in [3.8, 4) is 5.75 Å². The van der Waals surface area contributed by atoms with Gasteiger partial charge in [0.05, 0.1) is 6.61 Å². The van der Waals surface area contributed by atoms with Gasteiger partial charge in [-0.1, -0.05) is 30.3 Å². The van der Waals surface area contributed by atoms with Gasteiger partial charge in [0.2, 0.25) is 5.90 Å². The Bertz CT molecular complexity index is 895. The van der Waals surface area contributed by atoms with Gasteiger partial charge in [0.1, 0.15) is 6.04 Å². The maximum absolute atomic E-state index is 11.1. The Morgan fingerprint density at radius 3 is 2.56 bits per heavy atom. The highest BCUT2D eigenvalue weighted by Crippen LogP contribution is 2.37. The van der Waals surface area contributed by atoms with E-state index < -0.39 is 22.5 Å². The summed E-state index contributed by atoms with van der Waals surface area (Å²) in [6, 6.07) is 13.4. The van der Waals surface area contributed by atoms with Crippen LogP contribution in [0, 0.1) is 6.92 Å². The summed E-state index contributed by atoms with van der Waals surface area (Å²) >= 11 is 0. The van der Waals surface area contributed by atoms with E-state index in [2.05, 4.69) is 9.18 Å². The molecule has 0 saturated heterocycles. The normalized spacial score (nSPS) is 20.0. The zero-order valence-corrected chi connectivity index (χ0v) is 14.2. The first kappa shape index (κ1) is 17.4. The topological polar surface area (TPSA) is 105 Å². The number of hydrogen-bond donors (Lipinski definition) is 2. The zero-order chi connectivity index (χ0) is 18.0. The Morgan fingerprint density at radius 1 is 1.20 bits per heavy atom. The monoisotopic (exact) mass is 363 g/mol. The van der Waals surface area contributed by atoms with E-state index in [0.717, 1.165) is 11.1 Å². The maximum atomic E-state index is 11.1. The van der Waals surface area contributed by atoms with Gasteiger partial charge in [-0.05, 0) is 30.7 Å². The molecule has 2 unspecified atom stereocenters. The van der Waals surface area contributed by atoms with Crippen LogP contribution in [0.15, 0.2) is 53.5 Å². The third kappa shape index (κ3) is 3.98. The number of nitrogens with zero attached hydrogens (tertiary/aromatic N) is 1. The average molecular weight is 363 g/mol. The van der Waals surface area contributed by atoms with E-state index in [4.69, 9.17) is 9.29 Å². The van der Waals surface area contributed by atoms with Crippen LogP contribution in [-0.4, -0.2) is 36.6 Å². The first-order chi connectivity index (χ1) is 11.9. The third-order valence-corrected chi connectivity index (χ3v) is 4.14. The van der Waals surface area contributed by atoms with Crippen molar-refractivity contribution in [1.29, 1.82) is 0 Å². The molecule has 0 aliphatic carbocycles. The highest BCUT2D eigenvalue weighted by molar-refractivity contribution is 7.81. The van der Waals surface area contributed by atoms with Gasteiger partial charge in [0.25, 0.3) is 0 Å². The van der Waals surface area contributed by atoms with Crippen molar-refractivity contribution < 1.29 is 27.0 Å². The lowest BCUT2D eigenvalue weighted by atomic mass is 10.0. The fourth-order valence-corrected chi connectivity index (χ4v) is 3.01. The van der Waals surface area contributed by atoms with Crippen molar-refractivity contribution in [1.82, 2.24) is 0 Å². The molecule has 25 heavy (non-hydrogen) atoms. The predicted octanol–water partition coefficient (Wildman–Crippen LogP) is 2.06. The van der Waals surface area contributed by atoms with Gasteiger partial charge in [-0.15, -0.1) is 0 Å². The Kier molecular flexibility index (Phi) is 4.76. The summed E-state index contributed by atoms with van der Waals surface area (Å²) < 4.78 is 41.8. The van der Waals surface area contributed by atoms with Crippen LogP contribution in [0.5, 0.6) is 5.75 Å². The number of hydrogen-bond acceptors (Lipinski definition) is 6. The van der Waals surface area contributed by atoms with Crippen molar-refractivity contribution in [2.75, 3.05) is 6.61 Å². The first-order valence-corrected chi connectivity index (χ1v) is 8.92. The number of ether oxygens (including phenoxy) is 1. The highest BCUT2D eigenvalue weighted by Gasteiger charge is 2.35. The summed E-state index contributed by atoms with van der Waals surface area (Å²) in [6.07, 6.45) is -0.738. The van der Waals surface area contributed by atoms with Crippen molar-refractivity contribution in [3.63, 3.8) is 0 Å². The summed E-state index contributed by atoms with van der Waals surface area (Å²) in [4.78, 5) is 4.37. The van der Waals surface area contributed by atoms with E-state index in [1.54, 1.807) is 19.1 Å². The number of rotatable bonds is 5. The third-order valence-electron chi connectivity index (χ3n) is 3.75. The van der Waals surface area contributed by atoms with Crippen LogP contribution in [-0.2, 0) is 15.1 Å². The second-order valence-electron chi connectivity index (χ2n) is 5.64. The Labute approximate surface area is 145 Å². The Morgan fingerprint density at radius 2 is 1.92 bits per heavy atom. The van der Waals surface area contributed by atoms with Crippen molar-refractivity contribution in [3.05, 3.63) is 65.2 Å². The standard InChI is InChI=1S/C17H17NO6S/c1-11-7-8-13(15(9-11)24-25(20,21)22)16-14(10-19)18-17(23-16)12-5-3-2-4-6-12/h2-9,14,16,19H,10H2,1H3,(H,20,21,22). The van der Waals surface area contributed by atoms with Gasteiger partial charge in [-0.3, -0.25) is 4.55 Å². The minimum Gasteiger partial charge on any atom is -0.467 e. The van der Waals surface area contributed by atoms with Gasteiger partial charge in [-0.2, -0.15) is 8.42 Å². The van der Waals surface area contributed by atoms with E-state index in [9.17, 15) is 13.5 Å². The number of benzene rings is 2. The number of aliphatic hydroxyl groups excluding tert-OH is 1. The molecule has 1 aliphatic rings. The second-order valence-corrected chi connectivity index (χ2v) is 6.66. The quantitative estimate of drug-likeness (QED) is 0.788. The van der Waals surface area contributed by atoms with E-state index in [1.807, 2.05) is 30.3 Å². The van der Waals surface area contributed by atoms with Gasteiger partial charge >= 0.3 is 10.4 Å². The molecular formula is C17H17NO6S. The highest BCUT2D eigenvalue weighted by atomic mass is 32.3. The molecule has 0 fully saturated rings. The molecule has 0 spiro atoms. The summed E-state index contributed by atoms with van der Waals surface area (Å²) in [6.45, 7) is 1.46. The smallest absolute Gasteiger partial charge is 0.446 e. The molecule has 2 aromatic carbocycles. The van der Waals surface area contributed by atoms with Crippen LogP contribution < -0.4 is 4.18 Å². The van der Waals surface area contributed by atoms with Crippen molar-refractivity contribution in [2.45, 2.75) is 19.1 Å². The second kappa shape index (κ2) is 6.83. The molecule has 0 aromatic heterocycles. The van der Waals surface area contributed by atoms with Crippen LogP contribution in [0.1, 0.15) is 22.8 Å². The van der Waals surface area contributed by atoms with Crippen molar-refractivity contribution in [2.24, 2.45) is 4.99 Å². The molecule has 0 radical (unpaired) electrons. The molecular weight excluding hydrogens is 346 g/mol. The molecule has 8 heteroatoms. The summed E-state index contributed by atoms with van der Waals surface area (Å²) in [5.74, 6) is 0.290. The van der Waals surface area contributed by atoms with E-state index in [-0.39, 0.29) is 12.4 Å². The minimum absolute atomic E-state index is 0.0598. The van der Waals surface area contributed by atoms with Gasteiger partial charge in [0.15, 0.2) is 11.9 Å². The molecule has 3 rings (SSSR count). The number of aryl methyl sites for hydroxylation is 1. The number of aliphatic hydroxyl groups is 1. The van der Waals surface area contributed by atoms with E-state index in [1.165, 1.54) is 6.07 Å². The Balaban J connectivity index is 1.97. The zero-order valence-electron chi connectivity index (χ0n) is 13.4. The fraction of sp³-hybridized carbons (Fsp3) is 0.235. The lowest BCUT2D eigenvalue weighted by Crippen LogP contribution is -2.20. The van der Waals surface area contributed by atoms with Gasteiger partial charge < -0.3 is 14.0 Å². The van der Waals surface area contributed by atoms with Crippen LogP contribution in [0.3, 0.4) is 0 Å². The fourth-order valence-electron chi connectivity index (χ4n) is 2.64. The molecule has 0 saturated carbocycles. The molecule has 132 valence electrons. The molecule has 0 amide bonds. The van der Waals surface area contributed by atoms with Crippen molar-refractivity contribution >= 4 is 16.3 Å². The molecule has 2 aromatic rings. The van der Waals surface area contributed by atoms with Crippen LogP contribution in [0.2, 0.25) is 0 Å². The maximum Gasteiger partial charge on any atom is 0.446 e. The summed E-state index contributed by atoms with van der Waals surface area (Å²) in [5.41, 5.74) is 1.86. The van der Waals surface area contributed by atoms with Crippen LogP contribution in [0.25, 0.3) is 0 Å². The average Bonchev–Trinajstić information content (AvgIpc) is 2.98. The van der Waals surface area contributed by atoms with E-state index in [0.29, 0.717) is 11.5 Å². The molecule has 7 nitrogen and oxygen atoms in total. The molecule has 2 N–H and O–H groups in total.